The van der Waals surface area contributed by atoms with Crippen LogP contribution in [0.5, 0.6) is 0 Å². The maximum absolute atomic E-state index is 12.8. The maximum atomic E-state index is 12.8. The summed E-state index contributed by atoms with van der Waals surface area (Å²) >= 11 is 3.10. The Morgan fingerprint density at radius 3 is 2.40 bits per heavy atom. The van der Waals surface area contributed by atoms with Crippen molar-refractivity contribution in [2.45, 2.75) is 32.1 Å². The molecule has 0 saturated carbocycles. The van der Waals surface area contributed by atoms with Crippen LogP contribution >= 0.6 is 15.9 Å². The number of aliphatic carboxylic acids is 1. The first-order valence-electron chi connectivity index (χ1n) is 5.51. The first kappa shape index (κ1) is 16.5. The number of aromatic nitrogens is 1. The average molecular weight is 357 g/mol. The highest BCUT2D eigenvalue weighted by Crippen LogP contribution is 2.31. The molecule has 5 nitrogen and oxygen atoms in total. The number of carbonyl (C=O) groups excluding carboxylic acids is 1. The van der Waals surface area contributed by atoms with Gasteiger partial charge < -0.3 is 15.0 Å². The number of nitrogens with zero attached hydrogens (tertiary/aromatic N) is 1. The summed E-state index contributed by atoms with van der Waals surface area (Å²) in [7, 11) is 0. The van der Waals surface area contributed by atoms with Gasteiger partial charge in [0.25, 0.3) is 5.91 Å². The van der Waals surface area contributed by atoms with Gasteiger partial charge in [-0.2, -0.15) is 13.2 Å². The Hall–Kier alpha value is -1.51. The monoisotopic (exact) mass is 356 g/mol. The molecule has 0 fully saturated rings. The summed E-state index contributed by atoms with van der Waals surface area (Å²) in [6.45, 7) is 2.45. The Bertz CT molecular complexity index is 542. The van der Waals surface area contributed by atoms with Crippen LogP contribution in [0.4, 0.5) is 13.2 Å². The largest absolute Gasteiger partial charge is 0.479 e. The van der Waals surface area contributed by atoms with Crippen LogP contribution in [0.25, 0.3) is 0 Å². The molecule has 0 spiro atoms. The van der Waals surface area contributed by atoms with Gasteiger partial charge in [0, 0.05) is 17.2 Å². The Kier molecular flexibility index (Phi) is 4.52. The van der Waals surface area contributed by atoms with Crippen LogP contribution < -0.4 is 5.32 Å². The fourth-order valence-corrected chi connectivity index (χ4v) is 1.93. The fourth-order valence-electron chi connectivity index (χ4n) is 1.46. The highest BCUT2D eigenvalue weighted by Gasteiger charge is 2.58. The third kappa shape index (κ3) is 2.97. The van der Waals surface area contributed by atoms with Gasteiger partial charge in [0.15, 0.2) is 0 Å². The number of hydrogen-bond acceptors (Lipinski definition) is 2. The molecule has 1 atom stereocenters. The third-order valence-electron chi connectivity index (χ3n) is 2.79. The molecule has 1 aromatic heterocycles. The minimum atomic E-state index is -5.12. The van der Waals surface area contributed by atoms with Crippen molar-refractivity contribution in [2.75, 3.05) is 0 Å². The van der Waals surface area contributed by atoms with E-state index >= 15 is 0 Å². The van der Waals surface area contributed by atoms with Crippen molar-refractivity contribution in [1.82, 2.24) is 9.88 Å². The zero-order valence-electron chi connectivity index (χ0n) is 10.6. The molecule has 1 aromatic rings. The number of hydrogen-bond donors (Lipinski definition) is 2. The molecule has 0 aromatic carbocycles. The normalized spacial score (nSPS) is 14.7. The quantitative estimate of drug-likeness (QED) is 0.870. The molecular formula is C11H12BrF3N2O3. The van der Waals surface area contributed by atoms with Crippen LogP contribution in [0.3, 0.4) is 0 Å². The number of rotatable bonds is 4. The summed E-state index contributed by atoms with van der Waals surface area (Å²) in [5.74, 6) is -3.29. The summed E-state index contributed by atoms with van der Waals surface area (Å²) in [5.41, 5.74) is -3.41. The number of halogens is 4. The number of aryl methyl sites for hydroxylation is 1. The first-order valence-corrected chi connectivity index (χ1v) is 6.30. The van der Waals surface area contributed by atoms with E-state index in [1.54, 1.807) is 6.92 Å². The molecule has 1 rings (SSSR count). The minimum absolute atomic E-state index is 0.0592. The van der Waals surface area contributed by atoms with Crippen molar-refractivity contribution in [3.8, 4) is 0 Å². The summed E-state index contributed by atoms with van der Waals surface area (Å²) in [6, 6.07) is 1.32. The van der Waals surface area contributed by atoms with E-state index in [9.17, 15) is 22.8 Å². The molecule has 20 heavy (non-hydrogen) atoms. The van der Waals surface area contributed by atoms with Crippen LogP contribution in [0.2, 0.25) is 0 Å². The molecule has 2 N–H and O–H groups in total. The SMILES string of the molecule is CCn1cc(Br)cc1C(=O)NC(C)(C(=O)O)C(F)(F)F. The second-order valence-electron chi connectivity index (χ2n) is 4.21. The van der Waals surface area contributed by atoms with Crippen molar-refractivity contribution in [2.24, 2.45) is 0 Å². The molecule has 1 heterocycles. The van der Waals surface area contributed by atoms with E-state index in [0.717, 1.165) is 0 Å². The smallest absolute Gasteiger partial charge is 0.422 e. The van der Waals surface area contributed by atoms with Gasteiger partial charge in [-0.25, -0.2) is 4.79 Å². The zero-order valence-corrected chi connectivity index (χ0v) is 12.2. The lowest BCUT2D eigenvalue weighted by atomic mass is 10.0. The number of amides is 1. The second-order valence-corrected chi connectivity index (χ2v) is 5.13. The van der Waals surface area contributed by atoms with Gasteiger partial charge in [0.2, 0.25) is 5.54 Å². The third-order valence-corrected chi connectivity index (χ3v) is 3.23. The molecule has 0 radical (unpaired) electrons. The topological polar surface area (TPSA) is 71.3 Å². The molecule has 0 aliphatic heterocycles. The van der Waals surface area contributed by atoms with E-state index in [0.29, 0.717) is 17.9 Å². The number of nitrogens with one attached hydrogen (secondary N) is 1. The minimum Gasteiger partial charge on any atom is -0.479 e. The van der Waals surface area contributed by atoms with Crippen molar-refractivity contribution in [1.29, 1.82) is 0 Å². The molecule has 112 valence electrons. The van der Waals surface area contributed by atoms with Gasteiger partial charge in [-0.1, -0.05) is 0 Å². The molecule has 9 heteroatoms. The molecule has 0 saturated heterocycles. The molecule has 0 aliphatic carbocycles. The van der Waals surface area contributed by atoms with Gasteiger partial charge in [-0.3, -0.25) is 4.79 Å². The molecule has 0 aliphatic rings. The first-order chi connectivity index (χ1) is 9.02. The summed E-state index contributed by atoms with van der Waals surface area (Å²) in [6.07, 6.45) is -3.60. The molecular weight excluding hydrogens is 345 g/mol. The Labute approximate surface area is 120 Å². The number of carbonyl (C=O) groups is 2. The van der Waals surface area contributed by atoms with E-state index in [-0.39, 0.29) is 5.69 Å². The molecule has 1 unspecified atom stereocenters. The lowest BCUT2D eigenvalue weighted by Gasteiger charge is -2.28. The predicted octanol–water partition coefficient (Wildman–Crippen LogP) is 2.41. The Morgan fingerprint density at radius 2 is 2.00 bits per heavy atom. The van der Waals surface area contributed by atoms with Crippen LogP contribution in [-0.2, 0) is 11.3 Å². The maximum Gasteiger partial charge on any atom is 0.422 e. The Morgan fingerprint density at radius 1 is 1.45 bits per heavy atom. The lowest BCUT2D eigenvalue weighted by molar-refractivity contribution is -0.203. The number of alkyl halides is 3. The van der Waals surface area contributed by atoms with Gasteiger partial charge in [0.05, 0.1) is 0 Å². The second kappa shape index (κ2) is 5.47. The molecule has 1 amide bonds. The van der Waals surface area contributed by atoms with Gasteiger partial charge in [0.1, 0.15) is 5.69 Å². The van der Waals surface area contributed by atoms with E-state index < -0.39 is 23.6 Å². The van der Waals surface area contributed by atoms with E-state index in [4.69, 9.17) is 5.11 Å². The Balaban J connectivity index is 3.13. The summed E-state index contributed by atoms with van der Waals surface area (Å²) in [4.78, 5) is 22.7. The number of carboxylic acid groups (broad SMARTS) is 1. The van der Waals surface area contributed by atoms with E-state index in [1.807, 2.05) is 0 Å². The van der Waals surface area contributed by atoms with E-state index in [1.165, 1.54) is 22.1 Å². The fraction of sp³-hybridized carbons (Fsp3) is 0.455. The standard InChI is InChI=1S/C11H12BrF3N2O3/c1-3-17-5-6(12)4-7(17)8(18)16-10(2,9(19)20)11(13,14)15/h4-5H,3H2,1-2H3,(H,16,18)(H,19,20). The van der Waals surface area contributed by atoms with Gasteiger partial charge in [-0.15, -0.1) is 0 Å². The van der Waals surface area contributed by atoms with Crippen molar-refractivity contribution in [3.63, 3.8) is 0 Å². The summed E-state index contributed by atoms with van der Waals surface area (Å²) < 4.78 is 40.3. The molecule has 0 bridgehead atoms. The number of carboxylic acids is 1. The highest BCUT2D eigenvalue weighted by molar-refractivity contribution is 9.10. The zero-order chi connectivity index (χ0) is 15.7. The van der Waals surface area contributed by atoms with Crippen molar-refractivity contribution in [3.05, 3.63) is 22.4 Å². The summed E-state index contributed by atoms with van der Waals surface area (Å²) in [5, 5.41) is 10.3. The van der Waals surface area contributed by atoms with Gasteiger partial charge >= 0.3 is 12.1 Å². The lowest BCUT2D eigenvalue weighted by Crippen LogP contribution is -2.62. The van der Waals surface area contributed by atoms with Crippen LogP contribution in [-0.4, -0.2) is 33.3 Å². The van der Waals surface area contributed by atoms with Gasteiger partial charge in [-0.05, 0) is 35.8 Å². The average Bonchev–Trinajstić information content (AvgIpc) is 2.68. The van der Waals surface area contributed by atoms with E-state index in [2.05, 4.69) is 15.9 Å². The van der Waals surface area contributed by atoms with Crippen molar-refractivity contribution < 1.29 is 27.9 Å². The predicted molar refractivity (Wildman–Crippen MR) is 67.4 cm³/mol. The van der Waals surface area contributed by atoms with Crippen LogP contribution in [0, 0.1) is 0 Å². The van der Waals surface area contributed by atoms with Crippen LogP contribution in [0.1, 0.15) is 24.3 Å². The van der Waals surface area contributed by atoms with Crippen LogP contribution in [0.15, 0.2) is 16.7 Å². The highest BCUT2D eigenvalue weighted by atomic mass is 79.9. The van der Waals surface area contributed by atoms with Crippen molar-refractivity contribution >= 4 is 27.8 Å².